The molecule has 1 nitrogen and oxygen atoms in total. The summed E-state index contributed by atoms with van der Waals surface area (Å²) in [6.07, 6.45) is 7.08. The van der Waals surface area contributed by atoms with Gasteiger partial charge in [0.05, 0.1) is 0 Å². The van der Waals surface area contributed by atoms with Crippen molar-refractivity contribution in [3.05, 3.63) is 239 Å². The normalized spacial score (nSPS) is 15.7. The number of hydrogen-bond donors (Lipinski definition) is 0. The molecule has 262 valence electrons. The van der Waals surface area contributed by atoms with Crippen molar-refractivity contribution in [2.45, 2.75) is 25.7 Å². The molecule has 1 aliphatic rings. The van der Waals surface area contributed by atoms with Gasteiger partial charge in [0.1, 0.15) is 0 Å². The van der Waals surface area contributed by atoms with E-state index in [-0.39, 0.29) is 23.7 Å². The Bertz CT molecular complexity index is 2300. The van der Waals surface area contributed by atoms with E-state index in [1.54, 1.807) is 0 Å². The third-order valence-electron chi connectivity index (χ3n) is 11.4. The molecule has 6 aromatic carbocycles. The van der Waals surface area contributed by atoms with Crippen LogP contribution in [0.1, 0.15) is 57.6 Å². The standard InChI is InChI=1S/C52H46BN/c1-37-21-13-14-28-42(37)46-32-20-33-47(50(39-22-7-4-8-23-39)40-24-9-5-10-25-40)52(46)54(3)49-35-16-15-29-45(49)43-30-19-31-44(38(43)2)51(41-26-11-6-12-27-41)48-34-17-18-36-53-48/h4-36,38,44,50-51H,1-3H3. The zero-order valence-corrected chi connectivity index (χ0v) is 31.4. The third-order valence-corrected chi connectivity index (χ3v) is 11.4. The Kier molecular flexibility index (Phi) is 10.4. The number of benzene rings is 6. The fourth-order valence-electron chi connectivity index (χ4n) is 8.74. The molecule has 3 unspecified atom stereocenters. The van der Waals surface area contributed by atoms with Crippen LogP contribution in [0.25, 0.3) is 16.7 Å². The monoisotopic (exact) mass is 695 g/mol. The first-order valence-electron chi connectivity index (χ1n) is 19.2. The van der Waals surface area contributed by atoms with Gasteiger partial charge in [0.15, 0.2) is 0 Å². The molecule has 0 spiro atoms. The van der Waals surface area contributed by atoms with Crippen molar-refractivity contribution in [2.24, 2.45) is 11.8 Å². The van der Waals surface area contributed by atoms with Crippen molar-refractivity contribution < 1.29 is 0 Å². The van der Waals surface area contributed by atoms with Gasteiger partial charge in [-0.15, -0.1) is 0 Å². The Hall–Kier alpha value is -5.99. The van der Waals surface area contributed by atoms with E-state index < -0.39 is 0 Å². The van der Waals surface area contributed by atoms with Crippen LogP contribution >= 0.6 is 0 Å². The molecule has 8 rings (SSSR count). The SMILES string of the molecule is Cc1ccccc1-c1cccc(C(c2ccccc2)c2ccccc2)c1N(C)c1ccccc1C1=CC=CC(C(c2bcccc2)c2ccccc2)C1C. The molecule has 0 saturated carbocycles. The molecule has 0 bridgehead atoms. The zero-order chi connectivity index (χ0) is 36.9. The van der Waals surface area contributed by atoms with Crippen molar-refractivity contribution in [3.8, 4) is 11.1 Å². The number of aryl methyl sites for hydroxylation is 1. The van der Waals surface area contributed by atoms with Gasteiger partial charge in [0.25, 0.3) is 0 Å². The van der Waals surface area contributed by atoms with E-state index in [4.69, 9.17) is 0 Å². The molecule has 0 radical (unpaired) electrons. The molecule has 54 heavy (non-hydrogen) atoms. The molecule has 2 heteroatoms. The second kappa shape index (κ2) is 15.9. The van der Waals surface area contributed by atoms with Gasteiger partial charge in [-0.2, -0.15) is 0 Å². The summed E-state index contributed by atoms with van der Waals surface area (Å²) in [5.74, 6) is 2.99. The summed E-state index contributed by atoms with van der Waals surface area (Å²) in [5, 5.41) is 0. The predicted molar refractivity (Wildman–Crippen MR) is 231 cm³/mol. The maximum atomic E-state index is 2.47. The van der Waals surface area contributed by atoms with E-state index in [1.165, 1.54) is 66.9 Å². The Balaban J connectivity index is 1.29. The number of nitrogens with zero attached hydrogens (tertiary/aromatic N) is 1. The molecule has 3 atom stereocenters. The van der Waals surface area contributed by atoms with E-state index in [1.807, 2.05) is 0 Å². The predicted octanol–water partition coefficient (Wildman–Crippen LogP) is 13.0. The van der Waals surface area contributed by atoms with Crippen molar-refractivity contribution >= 4 is 23.9 Å². The third kappa shape index (κ3) is 6.93. The van der Waals surface area contributed by atoms with Crippen LogP contribution in [0.2, 0.25) is 0 Å². The van der Waals surface area contributed by atoms with Gasteiger partial charge in [-0.3, -0.25) is 0 Å². The van der Waals surface area contributed by atoms with Crippen molar-refractivity contribution in [1.82, 2.24) is 0 Å². The van der Waals surface area contributed by atoms with Crippen LogP contribution in [0.4, 0.5) is 11.4 Å². The van der Waals surface area contributed by atoms with Crippen LogP contribution in [-0.4, -0.2) is 14.0 Å². The summed E-state index contributed by atoms with van der Waals surface area (Å²) < 4.78 is 0. The summed E-state index contributed by atoms with van der Waals surface area (Å²) in [4.78, 5) is 2.47. The average molecular weight is 696 g/mol. The Morgan fingerprint density at radius 2 is 1.13 bits per heavy atom. The molecule has 7 aromatic rings. The Morgan fingerprint density at radius 1 is 0.556 bits per heavy atom. The molecule has 0 fully saturated rings. The van der Waals surface area contributed by atoms with Crippen molar-refractivity contribution in [2.75, 3.05) is 11.9 Å². The first kappa shape index (κ1) is 35.1. The Labute approximate surface area is 322 Å². The molecule has 0 aliphatic heterocycles. The minimum absolute atomic E-state index is 0.0404. The van der Waals surface area contributed by atoms with Gasteiger partial charge in [0, 0.05) is 0 Å². The van der Waals surface area contributed by atoms with E-state index >= 15 is 0 Å². The fraction of sp³-hybridized carbons (Fsp3) is 0.135. The van der Waals surface area contributed by atoms with Crippen LogP contribution in [0.5, 0.6) is 0 Å². The summed E-state index contributed by atoms with van der Waals surface area (Å²) in [7, 11) is 2.27. The van der Waals surface area contributed by atoms with Crippen molar-refractivity contribution in [1.29, 1.82) is 0 Å². The van der Waals surface area contributed by atoms with Crippen LogP contribution in [-0.2, 0) is 0 Å². The second-order valence-corrected chi connectivity index (χ2v) is 14.6. The van der Waals surface area contributed by atoms with E-state index in [0.29, 0.717) is 0 Å². The molecule has 1 aromatic heterocycles. The number of para-hydroxylation sites is 2. The van der Waals surface area contributed by atoms with Crippen LogP contribution in [0.3, 0.4) is 0 Å². The number of hydrogen-bond acceptors (Lipinski definition) is 1. The molecule has 1 heterocycles. The quantitative estimate of drug-likeness (QED) is 0.129. The van der Waals surface area contributed by atoms with E-state index in [0.717, 1.165) is 0 Å². The summed E-state index contributed by atoms with van der Waals surface area (Å²) in [6.45, 7) is 6.93. The summed E-state index contributed by atoms with van der Waals surface area (Å²) in [5.41, 5.74) is 15.3. The van der Waals surface area contributed by atoms with Crippen LogP contribution in [0, 0.1) is 18.8 Å². The average Bonchev–Trinajstić information content (AvgIpc) is 3.23. The molecule has 0 amide bonds. The minimum atomic E-state index is 0.0404. The number of allylic oxidation sites excluding steroid dienone is 4. The van der Waals surface area contributed by atoms with Gasteiger partial charge in [-0.05, 0) is 6.92 Å². The first-order chi connectivity index (χ1) is 26.6. The van der Waals surface area contributed by atoms with E-state index in [2.05, 4.69) is 233 Å². The van der Waals surface area contributed by atoms with E-state index in [9.17, 15) is 0 Å². The number of rotatable bonds is 10. The van der Waals surface area contributed by atoms with Crippen LogP contribution in [0.15, 0.2) is 200 Å². The molecule has 0 N–H and O–H groups in total. The summed E-state index contributed by atoms with van der Waals surface area (Å²) in [6, 6.07) is 64.3. The fourth-order valence-corrected chi connectivity index (χ4v) is 8.74. The molecule has 0 saturated heterocycles. The van der Waals surface area contributed by atoms with Gasteiger partial charge >= 0.3 is 238 Å². The molecular formula is C52H46BN. The zero-order valence-electron chi connectivity index (χ0n) is 31.4. The van der Waals surface area contributed by atoms with Crippen LogP contribution < -0.4 is 4.90 Å². The van der Waals surface area contributed by atoms with Gasteiger partial charge in [0.2, 0.25) is 0 Å². The molecule has 1 aliphatic carbocycles. The van der Waals surface area contributed by atoms with Gasteiger partial charge < -0.3 is 0 Å². The van der Waals surface area contributed by atoms with Gasteiger partial charge in [-0.25, -0.2) is 0 Å². The Morgan fingerprint density at radius 3 is 1.78 bits per heavy atom. The maximum absolute atomic E-state index is 2.47. The topological polar surface area (TPSA) is 3.24 Å². The van der Waals surface area contributed by atoms with Gasteiger partial charge in [-0.1, -0.05) is 78.9 Å². The first-order valence-corrected chi connectivity index (χ1v) is 19.2. The molecular weight excluding hydrogens is 649 g/mol. The second-order valence-electron chi connectivity index (χ2n) is 14.6. The summed E-state index contributed by atoms with van der Waals surface area (Å²) >= 11 is 0. The number of anilines is 2. The van der Waals surface area contributed by atoms with Crippen molar-refractivity contribution in [3.63, 3.8) is 0 Å².